The topological polar surface area (TPSA) is 47.6 Å². The van der Waals surface area contributed by atoms with Crippen LogP contribution in [0.4, 0.5) is 0 Å². The molecule has 0 aromatic rings. The summed E-state index contributed by atoms with van der Waals surface area (Å²) in [7, 11) is 3.23. The van der Waals surface area contributed by atoms with E-state index >= 15 is 0 Å². The van der Waals surface area contributed by atoms with Crippen molar-refractivity contribution in [2.24, 2.45) is 5.92 Å². The number of carbonyl (C=O) groups excluding carboxylic acids is 1. The largest absolute Gasteiger partial charge is 0.468 e. The molecule has 0 spiro atoms. The molecule has 19 heavy (non-hydrogen) atoms. The number of rotatable bonds is 9. The van der Waals surface area contributed by atoms with Gasteiger partial charge in [-0.2, -0.15) is 0 Å². The van der Waals surface area contributed by atoms with Crippen molar-refractivity contribution in [3.05, 3.63) is 0 Å². The molecule has 1 aliphatic rings. The Morgan fingerprint density at radius 3 is 2.58 bits per heavy atom. The van der Waals surface area contributed by atoms with Crippen molar-refractivity contribution in [1.82, 2.24) is 5.32 Å². The van der Waals surface area contributed by atoms with Gasteiger partial charge in [-0.15, -0.1) is 0 Å². The molecule has 1 unspecified atom stereocenters. The molecule has 0 heterocycles. The lowest BCUT2D eigenvalue weighted by atomic mass is 9.95. The number of methoxy groups -OCH3 is 1. The number of carbonyl (C=O) groups is 1. The Hall–Kier alpha value is -0.610. The number of unbranched alkanes of at least 4 members (excludes halogenated alkanes) is 1. The second kappa shape index (κ2) is 8.54. The number of nitrogens with one attached hydrogen (secondary N) is 1. The van der Waals surface area contributed by atoms with Crippen molar-refractivity contribution < 1.29 is 14.3 Å². The lowest BCUT2D eigenvalue weighted by Gasteiger charge is -2.25. The minimum absolute atomic E-state index is 0.193. The highest BCUT2D eigenvalue weighted by molar-refractivity contribution is 5.80. The van der Waals surface area contributed by atoms with Gasteiger partial charge in [0.25, 0.3) is 0 Å². The summed E-state index contributed by atoms with van der Waals surface area (Å²) in [5.41, 5.74) is -0.569. The van der Waals surface area contributed by atoms with Gasteiger partial charge in [0.2, 0.25) is 0 Å². The summed E-state index contributed by atoms with van der Waals surface area (Å²) in [5, 5.41) is 3.05. The second-order valence-electron chi connectivity index (χ2n) is 5.76. The molecule has 1 fully saturated rings. The van der Waals surface area contributed by atoms with Crippen LogP contribution in [0.1, 0.15) is 51.9 Å². The van der Waals surface area contributed by atoms with E-state index in [9.17, 15) is 4.79 Å². The van der Waals surface area contributed by atoms with E-state index in [-0.39, 0.29) is 5.97 Å². The first kappa shape index (κ1) is 16.4. The summed E-state index contributed by atoms with van der Waals surface area (Å²) in [6.07, 6.45) is 8.16. The molecule has 4 nitrogen and oxygen atoms in total. The summed E-state index contributed by atoms with van der Waals surface area (Å²) in [4.78, 5) is 11.6. The van der Waals surface area contributed by atoms with E-state index in [4.69, 9.17) is 9.47 Å². The molecular weight excluding hydrogens is 242 g/mol. The zero-order chi connectivity index (χ0) is 14.1. The highest BCUT2D eigenvalue weighted by atomic mass is 16.5. The van der Waals surface area contributed by atoms with E-state index < -0.39 is 5.54 Å². The fourth-order valence-corrected chi connectivity index (χ4v) is 2.66. The number of hydrogen-bond donors (Lipinski definition) is 1. The molecule has 0 amide bonds. The number of ether oxygens (including phenoxy) is 2. The maximum Gasteiger partial charge on any atom is 0.325 e. The molecule has 1 atom stereocenters. The van der Waals surface area contributed by atoms with Crippen LogP contribution < -0.4 is 5.32 Å². The lowest BCUT2D eigenvalue weighted by molar-refractivity contribution is -0.148. The van der Waals surface area contributed by atoms with Crippen molar-refractivity contribution >= 4 is 5.97 Å². The van der Waals surface area contributed by atoms with Gasteiger partial charge in [0.1, 0.15) is 5.54 Å². The third kappa shape index (κ3) is 5.49. The molecule has 0 aromatic carbocycles. The molecule has 4 heteroatoms. The highest BCUT2D eigenvalue weighted by Gasteiger charge is 2.31. The van der Waals surface area contributed by atoms with Crippen LogP contribution in [0.3, 0.4) is 0 Å². The second-order valence-corrected chi connectivity index (χ2v) is 5.76. The Morgan fingerprint density at radius 2 is 2.00 bits per heavy atom. The van der Waals surface area contributed by atoms with Crippen molar-refractivity contribution in [3.8, 4) is 0 Å². The predicted octanol–water partition coefficient (Wildman–Crippen LogP) is 2.51. The van der Waals surface area contributed by atoms with Crippen LogP contribution in [0.15, 0.2) is 0 Å². The van der Waals surface area contributed by atoms with Crippen LogP contribution >= 0.6 is 0 Å². The molecule has 1 N–H and O–H groups in total. The monoisotopic (exact) mass is 271 g/mol. The van der Waals surface area contributed by atoms with Gasteiger partial charge in [-0.3, -0.25) is 4.79 Å². The summed E-state index contributed by atoms with van der Waals surface area (Å²) in [6, 6.07) is 0. The summed E-state index contributed by atoms with van der Waals surface area (Å²) < 4.78 is 10.5. The van der Waals surface area contributed by atoms with Crippen LogP contribution in [0.25, 0.3) is 0 Å². The van der Waals surface area contributed by atoms with Gasteiger partial charge >= 0.3 is 5.97 Å². The summed E-state index contributed by atoms with van der Waals surface area (Å²) in [5.74, 6) is 0.597. The van der Waals surface area contributed by atoms with Gasteiger partial charge in [-0.1, -0.05) is 12.8 Å². The third-order valence-corrected chi connectivity index (χ3v) is 4.23. The molecule has 0 saturated heterocycles. The molecular formula is C15H29NO3. The molecule has 1 saturated carbocycles. The molecule has 0 radical (unpaired) electrons. The number of likely N-dealkylation sites (N-methyl/N-ethyl adjacent to an activating group) is 1. The van der Waals surface area contributed by atoms with Crippen LogP contribution in [-0.2, 0) is 14.3 Å². The Kier molecular flexibility index (Phi) is 7.39. The van der Waals surface area contributed by atoms with Crippen molar-refractivity contribution in [2.45, 2.75) is 57.4 Å². The first-order valence-corrected chi connectivity index (χ1v) is 7.47. The van der Waals surface area contributed by atoms with Crippen molar-refractivity contribution in [3.63, 3.8) is 0 Å². The quantitative estimate of drug-likeness (QED) is 0.517. The summed E-state index contributed by atoms with van der Waals surface area (Å²) in [6.45, 7) is 3.61. The van der Waals surface area contributed by atoms with Gasteiger partial charge in [0.05, 0.1) is 7.11 Å². The van der Waals surface area contributed by atoms with Crippen molar-refractivity contribution in [1.29, 1.82) is 0 Å². The maximum absolute atomic E-state index is 11.6. The Morgan fingerprint density at radius 1 is 1.32 bits per heavy atom. The molecule has 0 aromatic heterocycles. The van der Waals surface area contributed by atoms with Crippen LogP contribution in [0, 0.1) is 5.92 Å². The number of hydrogen-bond acceptors (Lipinski definition) is 4. The average Bonchev–Trinajstić information content (AvgIpc) is 2.94. The highest BCUT2D eigenvalue weighted by Crippen LogP contribution is 2.24. The molecule has 0 bridgehead atoms. The zero-order valence-corrected chi connectivity index (χ0v) is 12.7. The van der Waals surface area contributed by atoms with Gasteiger partial charge in [-0.05, 0) is 52.0 Å². The summed E-state index contributed by atoms with van der Waals surface area (Å²) >= 11 is 0. The molecule has 0 aliphatic heterocycles. The normalized spacial score (nSPS) is 19.3. The van der Waals surface area contributed by atoms with E-state index in [1.54, 1.807) is 7.05 Å². The fourth-order valence-electron chi connectivity index (χ4n) is 2.66. The number of esters is 1. The Labute approximate surface area is 117 Å². The van der Waals surface area contributed by atoms with E-state index in [2.05, 4.69) is 5.32 Å². The Balaban J connectivity index is 2.06. The lowest BCUT2D eigenvalue weighted by Crippen LogP contribution is -2.48. The van der Waals surface area contributed by atoms with Gasteiger partial charge < -0.3 is 14.8 Å². The maximum atomic E-state index is 11.6. The SMILES string of the molecule is CNC(C)(CCCCOCC1CCCC1)C(=O)OC. The average molecular weight is 271 g/mol. The third-order valence-electron chi connectivity index (χ3n) is 4.23. The van der Waals surface area contributed by atoms with E-state index in [0.717, 1.165) is 38.4 Å². The van der Waals surface area contributed by atoms with Crippen LogP contribution in [-0.4, -0.2) is 38.9 Å². The molecule has 112 valence electrons. The first-order chi connectivity index (χ1) is 9.12. The zero-order valence-electron chi connectivity index (χ0n) is 12.7. The molecule has 1 aliphatic carbocycles. The predicted molar refractivity (Wildman–Crippen MR) is 76.1 cm³/mol. The van der Waals surface area contributed by atoms with Crippen molar-refractivity contribution in [2.75, 3.05) is 27.4 Å². The molecule has 1 rings (SSSR count). The van der Waals surface area contributed by atoms with E-state index in [0.29, 0.717) is 0 Å². The first-order valence-electron chi connectivity index (χ1n) is 7.47. The van der Waals surface area contributed by atoms with Crippen LogP contribution in [0.2, 0.25) is 0 Å². The minimum Gasteiger partial charge on any atom is -0.468 e. The van der Waals surface area contributed by atoms with Crippen LogP contribution in [0.5, 0.6) is 0 Å². The van der Waals surface area contributed by atoms with E-state index in [1.807, 2.05) is 6.92 Å². The van der Waals surface area contributed by atoms with Gasteiger partial charge in [0, 0.05) is 13.2 Å². The standard InChI is InChI=1S/C15H29NO3/c1-15(16-2,14(17)18-3)10-6-7-11-19-12-13-8-4-5-9-13/h13,16H,4-12H2,1-3H3. The van der Waals surface area contributed by atoms with Gasteiger partial charge in [0.15, 0.2) is 0 Å². The minimum atomic E-state index is -0.569. The van der Waals surface area contributed by atoms with Gasteiger partial charge in [-0.25, -0.2) is 0 Å². The Bertz CT molecular complexity index is 264. The smallest absolute Gasteiger partial charge is 0.325 e. The van der Waals surface area contributed by atoms with E-state index in [1.165, 1.54) is 32.8 Å². The fraction of sp³-hybridized carbons (Fsp3) is 0.933.